The third-order valence-electron chi connectivity index (χ3n) is 3.26. The number of hydrogen-bond acceptors (Lipinski definition) is 5. The zero-order valence-corrected chi connectivity index (χ0v) is 11.7. The highest BCUT2D eigenvalue weighted by Crippen LogP contribution is 2.31. The standard InChI is InChI=1S/C14H19N3O2/c1-5-14(3,15)13-16-12(19-17-13)10-8-9(2)6-7-11(10)18-4/h6-8H,5,15H2,1-4H3. The summed E-state index contributed by atoms with van der Waals surface area (Å²) in [6.45, 7) is 5.87. The SMILES string of the molecule is CCC(C)(N)c1noc(-c2cc(C)ccc2OC)n1. The zero-order chi connectivity index (χ0) is 14.0. The molecule has 5 nitrogen and oxygen atoms in total. The molecule has 0 saturated carbocycles. The molecule has 102 valence electrons. The van der Waals surface area contributed by atoms with Crippen molar-refractivity contribution >= 4 is 0 Å². The molecule has 0 aliphatic rings. The first-order valence-electron chi connectivity index (χ1n) is 6.26. The van der Waals surface area contributed by atoms with Crippen molar-refractivity contribution in [3.63, 3.8) is 0 Å². The summed E-state index contributed by atoms with van der Waals surface area (Å²) in [4.78, 5) is 4.39. The van der Waals surface area contributed by atoms with Gasteiger partial charge in [-0.2, -0.15) is 4.98 Å². The van der Waals surface area contributed by atoms with Crippen LogP contribution in [0.2, 0.25) is 0 Å². The van der Waals surface area contributed by atoms with Gasteiger partial charge in [-0.1, -0.05) is 23.7 Å². The summed E-state index contributed by atoms with van der Waals surface area (Å²) in [5.41, 5.74) is 7.41. The van der Waals surface area contributed by atoms with Gasteiger partial charge in [0.2, 0.25) is 0 Å². The number of hydrogen-bond donors (Lipinski definition) is 1. The van der Waals surface area contributed by atoms with Crippen LogP contribution in [0.4, 0.5) is 0 Å². The van der Waals surface area contributed by atoms with Crippen molar-refractivity contribution in [2.75, 3.05) is 7.11 Å². The fourth-order valence-electron chi connectivity index (χ4n) is 1.71. The van der Waals surface area contributed by atoms with Crippen molar-refractivity contribution in [3.8, 4) is 17.2 Å². The smallest absolute Gasteiger partial charge is 0.261 e. The number of rotatable bonds is 4. The Morgan fingerprint density at radius 2 is 2.16 bits per heavy atom. The second-order valence-electron chi connectivity index (χ2n) is 4.90. The molecule has 0 aliphatic carbocycles. The van der Waals surface area contributed by atoms with Gasteiger partial charge in [-0.15, -0.1) is 0 Å². The second-order valence-corrected chi connectivity index (χ2v) is 4.90. The molecule has 1 heterocycles. The van der Waals surface area contributed by atoms with Crippen LogP contribution in [0.15, 0.2) is 22.7 Å². The lowest BCUT2D eigenvalue weighted by molar-refractivity contribution is 0.376. The molecule has 1 atom stereocenters. The van der Waals surface area contributed by atoms with Gasteiger partial charge in [0.05, 0.1) is 18.2 Å². The summed E-state index contributed by atoms with van der Waals surface area (Å²) in [5.74, 6) is 1.64. The first-order chi connectivity index (χ1) is 8.97. The highest BCUT2D eigenvalue weighted by Gasteiger charge is 2.26. The van der Waals surface area contributed by atoms with Crippen LogP contribution < -0.4 is 10.5 Å². The molecular formula is C14H19N3O2. The number of nitrogens with two attached hydrogens (primary N) is 1. The summed E-state index contributed by atoms with van der Waals surface area (Å²) in [6, 6.07) is 5.81. The Balaban J connectivity index is 2.46. The van der Waals surface area contributed by atoms with Gasteiger partial charge in [0.15, 0.2) is 5.82 Å². The topological polar surface area (TPSA) is 74.2 Å². The van der Waals surface area contributed by atoms with Gasteiger partial charge in [0.25, 0.3) is 5.89 Å². The van der Waals surface area contributed by atoms with Crippen molar-refractivity contribution in [1.82, 2.24) is 10.1 Å². The van der Waals surface area contributed by atoms with Crippen molar-refractivity contribution in [1.29, 1.82) is 0 Å². The Morgan fingerprint density at radius 1 is 1.42 bits per heavy atom. The van der Waals surface area contributed by atoms with Crippen LogP contribution in [0.25, 0.3) is 11.5 Å². The van der Waals surface area contributed by atoms with E-state index in [4.69, 9.17) is 15.0 Å². The van der Waals surface area contributed by atoms with E-state index >= 15 is 0 Å². The molecule has 0 radical (unpaired) electrons. The van der Waals surface area contributed by atoms with Crippen LogP contribution in [-0.4, -0.2) is 17.3 Å². The number of ether oxygens (including phenoxy) is 1. The van der Waals surface area contributed by atoms with E-state index in [9.17, 15) is 0 Å². The van der Waals surface area contributed by atoms with Gasteiger partial charge < -0.3 is 15.0 Å². The molecule has 0 bridgehead atoms. The first-order valence-corrected chi connectivity index (χ1v) is 6.26. The highest BCUT2D eigenvalue weighted by molar-refractivity contribution is 5.63. The molecule has 0 aliphatic heterocycles. The second kappa shape index (κ2) is 5.01. The maximum Gasteiger partial charge on any atom is 0.261 e. The molecule has 2 aromatic rings. The van der Waals surface area contributed by atoms with Crippen LogP contribution in [-0.2, 0) is 5.54 Å². The molecule has 1 aromatic heterocycles. The predicted octanol–water partition coefficient (Wildman–Crippen LogP) is 2.64. The average Bonchev–Trinajstić information content (AvgIpc) is 2.89. The van der Waals surface area contributed by atoms with E-state index in [1.165, 1.54) is 0 Å². The molecule has 1 unspecified atom stereocenters. The van der Waals surface area contributed by atoms with Gasteiger partial charge in [-0.3, -0.25) is 0 Å². The fraction of sp³-hybridized carbons (Fsp3) is 0.429. The van der Waals surface area contributed by atoms with Crippen LogP contribution in [0.1, 0.15) is 31.7 Å². The van der Waals surface area contributed by atoms with Crippen LogP contribution in [0.5, 0.6) is 5.75 Å². The van der Waals surface area contributed by atoms with Gasteiger partial charge in [-0.05, 0) is 32.4 Å². The minimum absolute atomic E-state index is 0.431. The molecule has 0 saturated heterocycles. The summed E-state index contributed by atoms with van der Waals surface area (Å²) in [7, 11) is 1.62. The molecule has 2 rings (SSSR count). The molecule has 19 heavy (non-hydrogen) atoms. The minimum Gasteiger partial charge on any atom is -0.496 e. The number of methoxy groups -OCH3 is 1. The lowest BCUT2D eigenvalue weighted by Crippen LogP contribution is -2.33. The Hall–Kier alpha value is -1.88. The Kier molecular flexibility index (Phi) is 3.57. The maximum atomic E-state index is 6.11. The van der Waals surface area contributed by atoms with Gasteiger partial charge in [0.1, 0.15) is 5.75 Å². The van der Waals surface area contributed by atoms with Crippen molar-refractivity contribution in [2.24, 2.45) is 5.73 Å². The predicted molar refractivity (Wildman–Crippen MR) is 72.9 cm³/mol. The van der Waals surface area contributed by atoms with Crippen molar-refractivity contribution < 1.29 is 9.26 Å². The Morgan fingerprint density at radius 3 is 2.79 bits per heavy atom. The van der Waals surface area contributed by atoms with Crippen LogP contribution in [0.3, 0.4) is 0 Å². The Labute approximate surface area is 112 Å². The maximum absolute atomic E-state index is 6.11. The van der Waals surface area contributed by atoms with E-state index < -0.39 is 5.54 Å². The average molecular weight is 261 g/mol. The van der Waals surface area contributed by atoms with E-state index in [2.05, 4.69) is 10.1 Å². The molecule has 0 spiro atoms. The quantitative estimate of drug-likeness (QED) is 0.915. The zero-order valence-electron chi connectivity index (χ0n) is 11.7. The largest absolute Gasteiger partial charge is 0.496 e. The summed E-state index contributed by atoms with van der Waals surface area (Å²) < 4.78 is 10.6. The third kappa shape index (κ3) is 2.61. The highest BCUT2D eigenvalue weighted by atomic mass is 16.5. The van der Waals surface area contributed by atoms with E-state index in [1.807, 2.05) is 39.0 Å². The van der Waals surface area contributed by atoms with Crippen molar-refractivity contribution in [3.05, 3.63) is 29.6 Å². The van der Waals surface area contributed by atoms with E-state index in [1.54, 1.807) is 7.11 Å². The van der Waals surface area contributed by atoms with Gasteiger partial charge in [0, 0.05) is 0 Å². The summed E-state index contributed by atoms with van der Waals surface area (Å²) in [5, 5.41) is 3.97. The van der Waals surface area contributed by atoms with E-state index in [0.717, 1.165) is 17.5 Å². The minimum atomic E-state index is -0.585. The molecule has 0 amide bonds. The molecular weight excluding hydrogens is 242 g/mol. The monoisotopic (exact) mass is 261 g/mol. The number of nitrogens with zero attached hydrogens (tertiary/aromatic N) is 2. The molecule has 1 aromatic carbocycles. The number of benzene rings is 1. The van der Waals surface area contributed by atoms with E-state index in [0.29, 0.717) is 17.5 Å². The summed E-state index contributed by atoms with van der Waals surface area (Å²) >= 11 is 0. The Bertz CT molecular complexity index is 576. The number of aromatic nitrogens is 2. The molecule has 2 N–H and O–H groups in total. The molecule has 5 heteroatoms. The lowest BCUT2D eigenvalue weighted by Gasteiger charge is -2.16. The van der Waals surface area contributed by atoms with Crippen molar-refractivity contribution in [2.45, 2.75) is 32.7 Å². The third-order valence-corrected chi connectivity index (χ3v) is 3.26. The van der Waals surface area contributed by atoms with Crippen LogP contribution in [0, 0.1) is 6.92 Å². The molecule has 0 fully saturated rings. The van der Waals surface area contributed by atoms with Gasteiger partial charge in [-0.25, -0.2) is 0 Å². The lowest BCUT2D eigenvalue weighted by atomic mass is 10.00. The van der Waals surface area contributed by atoms with Crippen LogP contribution >= 0.6 is 0 Å². The fourth-order valence-corrected chi connectivity index (χ4v) is 1.71. The summed E-state index contributed by atoms with van der Waals surface area (Å²) in [6.07, 6.45) is 0.733. The first kappa shape index (κ1) is 13.5. The van der Waals surface area contributed by atoms with Gasteiger partial charge >= 0.3 is 0 Å². The number of aryl methyl sites for hydroxylation is 1. The van der Waals surface area contributed by atoms with E-state index in [-0.39, 0.29) is 0 Å². The normalized spacial score (nSPS) is 14.2.